The van der Waals surface area contributed by atoms with Crippen LogP contribution in [0.3, 0.4) is 0 Å². The van der Waals surface area contributed by atoms with Gasteiger partial charge in [0.1, 0.15) is 5.75 Å². The van der Waals surface area contributed by atoms with Crippen LogP contribution >= 0.6 is 0 Å². The molecule has 2 aromatic heterocycles. The number of fused-ring (bicyclic) bond motifs is 1. The van der Waals surface area contributed by atoms with Gasteiger partial charge in [0.2, 0.25) is 5.95 Å². The molecule has 9 nitrogen and oxygen atoms in total. The Morgan fingerprint density at radius 1 is 1.14 bits per heavy atom. The minimum absolute atomic E-state index is 0.341. The lowest BCUT2D eigenvalue weighted by Gasteiger charge is -2.08. The molecule has 3 rings (SSSR count). The number of benzene rings is 1. The number of nitrogens with one attached hydrogen (secondary N) is 1. The van der Waals surface area contributed by atoms with Crippen molar-refractivity contribution in [2.45, 2.75) is 33.2 Å². The van der Waals surface area contributed by atoms with Gasteiger partial charge in [0, 0.05) is 20.6 Å². The predicted molar refractivity (Wildman–Crippen MR) is 114 cm³/mol. The van der Waals surface area contributed by atoms with Gasteiger partial charge < -0.3 is 9.30 Å². The molecule has 1 N–H and O–H groups in total. The van der Waals surface area contributed by atoms with E-state index in [2.05, 4.69) is 22.4 Å². The van der Waals surface area contributed by atoms with E-state index in [4.69, 9.17) is 4.74 Å². The van der Waals surface area contributed by atoms with Crippen LogP contribution in [0.15, 0.2) is 39.0 Å². The number of rotatable bonds is 8. The van der Waals surface area contributed by atoms with Crippen molar-refractivity contribution < 1.29 is 4.74 Å². The molecule has 0 saturated heterocycles. The van der Waals surface area contributed by atoms with Gasteiger partial charge in [0.15, 0.2) is 11.2 Å². The molecule has 9 heteroatoms. The van der Waals surface area contributed by atoms with Crippen LogP contribution in [0.5, 0.6) is 5.75 Å². The van der Waals surface area contributed by atoms with E-state index in [9.17, 15) is 9.59 Å². The van der Waals surface area contributed by atoms with Crippen molar-refractivity contribution in [1.29, 1.82) is 0 Å². The van der Waals surface area contributed by atoms with Crippen LogP contribution < -0.4 is 21.4 Å². The van der Waals surface area contributed by atoms with E-state index < -0.39 is 5.69 Å². The lowest BCUT2D eigenvalue weighted by Crippen LogP contribution is -2.37. The third-order valence-corrected chi connectivity index (χ3v) is 4.65. The van der Waals surface area contributed by atoms with Crippen LogP contribution in [0.2, 0.25) is 0 Å². The summed E-state index contributed by atoms with van der Waals surface area (Å²) in [5.74, 6) is 1.23. The molecule has 29 heavy (non-hydrogen) atoms. The average Bonchev–Trinajstić information content (AvgIpc) is 3.09. The second-order valence-electron chi connectivity index (χ2n) is 6.69. The standard InChI is InChI=1S/C20H26N6O3/c1-5-7-12-26-16-17(24(3)20(28)25(4)18(16)27)22-19(26)23-21-13-14-8-10-15(11-9-14)29-6-2/h8-11,13H,5-7,12H2,1-4H3,(H,22,23). The Labute approximate surface area is 168 Å². The molecule has 0 aliphatic rings. The molecule has 0 spiro atoms. The monoisotopic (exact) mass is 398 g/mol. The highest BCUT2D eigenvalue weighted by Crippen LogP contribution is 2.17. The first-order chi connectivity index (χ1) is 14.0. The fraction of sp³-hybridized carbons (Fsp3) is 0.400. The Morgan fingerprint density at radius 2 is 1.86 bits per heavy atom. The molecule has 0 saturated carbocycles. The largest absolute Gasteiger partial charge is 0.494 e. The second kappa shape index (κ2) is 8.76. The number of aromatic nitrogens is 4. The quantitative estimate of drug-likeness (QED) is 0.463. The van der Waals surface area contributed by atoms with E-state index in [0.29, 0.717) is 30.3 Å². The van der Waals surface area contributed by atoms with Gasteiger partial charge in [0.05, 0.1) is 12.8 Å². The van der Waals surface area contributed by atoms with E-state index in [-0.39, 0.29) is 5.56 Å². The molecule has 2 heterocycles. The summed E-state index contributed by atoms with van der Waals surface area (Å²) in [6.07, 6.45) is 3.49. The van der Waals surface area contributed by atoms with Gasteiger partial charge in [-0.15, -0.1) is 0 Å². The summed E-state index contributed by atoms with van der Waals surface area (Å²) in [5.41, 5.74) is 3.76. The molecule has 0 atom stereocenters. The number of hydrogen-bond donors (Lipinski definition) is 1. The maximum atomic E-state index is 12.7. The number of aryl methyl sites for hydroxylation is 2. The zero-order valence-electron chi connectivity index (χ0n) is 17.2. The number of hydrazone groups is 1. The maximum absolute atomic E-state index is 12.7. The predicted octanol–water partition coefficient (Wildman–Crippen LogP) is 2.08. The number of anilines is 1. The molecule has 0 aliphatic carbocycles. The highest BCUT2D eigenvalue weighted by Gasteiger charge is 2.18. The van der Waals surface area contributed by atoms with E-state index in [1.54, 1.807) is 17.8 Å². The summed E-state index contributed by atoms with van der Waals surface area (Å²) in [6, 6.07) is 7.55. The van der Waals surface area contributed by atoms with Gasteiger partial charge in [-0.25, -0.2) is 10.2 Å². The Balaban J connectivity index is 1.95. The molecule has 3 aromatic rings. The molecule has 0 fully saturated rings. The maximum Gasteiger partial charge on any atom is 0.332 e. The zero-order chi connectivity index (χ0) is 21.0. The lowest BCUT2D eigenvalue weighted by atomic mass is 10.2. The minimum Gasteiger partial charge on any atom is -0.494 e. The van der Waals surface area contributed by atoms with Crippen LogP contribution in [-0.4, -0.2) is 31.5 Å². The van der Waals surface area contributed by atoms with Crippen molar-refractivity contribution >= 4 is 23.3 Å². The van der Waals surface area contributed by atoms with Crippen LogP contribution in [0.4, 0.5) is 5.95 Å². The van der Waals surface area contributed by atoms with E-state index in [1.165, 1.54) is 11.6 Å². The summed E-state index contributed by atoms with van der Waals surface area (Å²) in [7, 11) is 3.08. The number of imidazole rings is 1. The highest BCUT2D eigenvalue weighted by molar-refractivity contribution is 5.80. The third kappa shape index (κ3) is 4.08. The Kier molecular flexibility index (Phi) is 6.16. The first-order valence-electron chi connectivity index (χ1n) is 9.66. The summed E-state index contributed by atoms with van der Waals surface area (Å²) in [4.78, 5) is 29.4. The first-order valence-corrected chi connectivity index (χ1v) is 9.66. The van der Waals surface area contributed by atoms with Gasteiger partial charge in [-0.05, 0) is 43.2 Å². The van der Waals surface area contributed by atoms with E-state index >= 15 is 0 Å². The fourth-order valence-corrected chi connectivity index (χ4v) is 3.05. The first kappa shape index (κ1) is 20.4. The molecule has 0 aliphatic heterocycles. The topological polar surface area (TPSA) is 95.4 Å². The van der Waals surface area contributed by atoms with Gasteiger partial charge in [-0.2, -0.15) is 10.1 Å². The van der Waals surface area contributed by atoms with Gasteiger partial charge in [-0.1, -0.05) is 13.3 Å². The smallest absolute Gasteiger partial charge is 0.332 e. The van der Waals surface area contributed by atoms with Crippen molar-refractivity contribution in [2.24, 2.45) is 19.2 Å². The number of unbranched alkanes of at least 4 members (excludes halogenated alkanes) is 1. The SMILES string of the molecule is CCCCn1c(NN=Cc2ccc(OCC)cc2)nc2c1c(=O)n(C)c(=O)n2C. The lowest BCUT2D eigenvalue weighted by molar-refractivity contribution is 0.340. The van der Waals surface area contributed by atoms with Crippen molar-refractivity contribution in [3.05, 3.63) is 50.7 Å². The number of hydrogen-bond acceptors (Lipinski definition) is 6. The van der Waals surface area contributed by atoms with Crippen molar-refractivity contribution in [3.63, 3.8) is 0 Å². The molecule has 1 aromatic carbocycles. The van der Waals surface area contributed by atoms with Crippen LogP contribution in [-0.2, 0) is 20.6 Å². The molecular weight excluding hydrogens is 372 g/mol. The molecular formula is C20H26N6O3. The molecule has 154 valence electrons. The normalized spacial score (nSPS) is 11.4. The summed E-state index contributed by atoms with van der Waals surface area (Å²) in [6.45, 7) is 5.23. The summed E-state index contributed by atoms with van der Waals surface area (Å²) >= 11 is 0. The van der Waals surface area contributed by atoms with Gasteiger partial charge in [0.25, 0.3) is 5.56 Å². The van der Waals surface area contributed by atoms with Crippen molar-refractivity contribution in [2.75, 3.05) is 12.0 Å². The Bertz CT molecular complexity index is 1140. The summed E-state index contributed by atoms with van der Waals surface area (Å²) in [5, 5.41) is 4.26. The second-order valence-corrected chi connectivity index (χ2v) is 6.69. The van der Waals surface area contributed by atoms with Gasteiger partial charge in [-0.3, -0.25) is 13.9 Å². The molecule has 0 amide bonds. The molecule has 0 radical (unpaired) electrons. The van der Waals surface area contributed by atoms with Crippen molar-refractivity contribution in [1.82, 2.24) is 18.7 Å². The minimum atomic E-state index is -0.410. The van der Waals surface area contributed by atoms with Crippen LogP contribution in [0.25, 0.3) is 11.2 Å². The van der Waals surface area contributed by atoms with Gasteiger partial charge >= 0.3 is 5.69 Å². The van der Waals surface area contributed by atoms with E-state index in [0.717, 1.165) is 28.7 Å². The van der Waals surface area contributed by atoms with E-state index in [1.807, 2.05) is 31.2 Å². The van der Waals surface area contributed by atoms with Crippen molar-refractivity contribution in [3.8, 4) is 5.75 Å². The number of ether oxygens (including phenoxy) is 1. The zero-order valence-corrected chi connectivity index (χ0v) is 17.2. The fourth-order valence-electron chi connectivity index (χ4n) is 3.05. The number of nitrogens with zero attached hydrogens (tertiary/aromatic N) is 5. The molecule has 0 bridgehead atoms. The Morgan fingerprint density at radius 3 is 2.52 bits per heavy atom. The summed E-state index contributed by atoms with van der Waals surface area (Å²) < 4.78 is 9.69. The highest BCUT2D eigenvalue weighted by atomic mass is 16.5. The van der Waals surface area contributed by atoms with Crippen LogP contribution in [0, 0.1) is 0 Å². The molecule has 0 unspecified atom stereocenters. The third-order valence-electron chi connectivity index (χ3n) is 4.65. The Hall–Kier alpha value is -3.36. The average molecular weight is 398 g/mol. The van der Waals surface area contributed by atoms with Crippen LogP contribution in [0.1, 0.15) is 32.3 Å².